The fraction of sp³-hybridized carbons (Fsp3) is 0.308. The van der Waals surface area contributed by atoms with Crippen molar-refractivity contribution < 1.29 is 29.4 Å². The Morgan fingerprint density at radius 1 is 1.44 bits per heavy atom. The molecule has 0 aliphatic carbocycles. The highest BCUT2D eigenvalue weighted by molar-refractivity contribution is 8.00. The number of β-lactam (4-membered cyclic amide) rings is 1. The highest BCUT2D eigenvalue weighted by Gasteiger charge is 2.54. The molecule has 3 heterocycles. The van der Waals surface area contributed by atoms with Crippen molar-refractivity contribution in [2.45, 2.75) is 11.4 Å². The first kappa shape index (κ1) is 17.4. The zero-order chi connectivity index (χ0) is 18.3. The smallest absolute Gasteiger partial charge is 0.352 e. The lowest BCUT2D eigenvalue weighted by Crippen LogP contribution is -2.71. The second-order valence-corrected chi connectivity index (χ2v) is 7.17. The molecular weight excluding hydrogens is 372 g/mol. The van der Waals surface area contributed by atoms with Gasteiger partial charge in [0.05, 0.1) is 6.61 Å². The van der Waals surface area contributed by atoms with Crippen LogP contribution in [0.25, 0.3) is 0 Å². The Balaban J connectivity index is 1.74. The number of hydrogen-bond donors (Lipinski definition) is 4. The van der Waals surface area contributed by atoms with Crippen molar-refractivity contribution in [3.63, 3.8) is 0 Å². The third-order valence-electron chi connectivity index (χ3n) is 3.69. The number of anilines is 1. The normalized spacial score (nSPS) is 22.3. The minimum atomic E-state index is -1.33. The second kappa shape index (κ2) is 6.46. The van der Waals surface area contributed by atoms with Crippen molar-refractivity contribution in [3.05, 3.63) is 22.3 Å². The summed E-state index contributed by atoms with van der Waals surface area (Å²) in [5.41, 5.74) is 5.24. The predicted octanol–water partition coefficient (Wildman–Crippen LogP) is -1.36. The number of aromatic nitrogens is 1. The molecule has 0 saturated carbocycles. The van der Waals surface area contributed by atoms with Crippen LogP contribution in [0.1, 0.15) is 10.5 Å². The largest absolute Gasteiger partial charge is 0.477 e. The number of nitrogens with zero attached hydrogens (tertiary/aromatic N) is 2. The van der Waals surface area contributed by atoms with E-state index < -0.39 is 41.6 Å². The van der Waals surface area contributed by atoms with Gasteiger partial charge in [-0.1, -0.05) is 0 Å². The van der Waals surface area contributed by atoms with Gasteiger partial charge in [-0.15, -0.1) is 23.1 Å². The number of nitrogens with one attached hydrogen (secondary N) is 1. The number of carbonyl (C=O) groups is 4. The number of carboxylic acids is 1. The monoisotopic (exact) mass is 384 g/mol. The molecule has 0 aromatic carbocycles. The quantitative estimate of drug-likeness (QED) is 0.273. The van der Waals surface area contributed by atoms with E-state index in [-0.39, 0.29) is 27.8 Å². The topological polar surface area (TPSA) is 163 Å². The van der Waals surface area contributed by atoms with Gasteiger partial charge in [0.1, 0.15) is 22.8 Å². The van der Waals surface area contributed by atoms with Gasteiger partial charge in [-0.2, -0.15) is 0 Å². The molecule has 1 aromatic heterocycles. The molecule has 12 heteroatoms. The first-order valence-corrected chi connectivity index (χ1v) is 8.85. The van der Waals surface area contributed by atoms with E-state index in [2.05, 4.69) is 10.3 Å². The van der Waals surface area contributed by atoms with Crippen LogP contribution in [-0.2, 0) is 14.4 Å². The summed E-state index contributed by atoms with van der Waals surface area (Å²) in [7, 11) is 0. The van der Waals surface area contributed by atoms with E-state index >= 15 is 0 Å². The maximum Gasteiger partial charge on any atom is 0.352 e. The summed E-state index contributed by atoms with van der Waals surface area (Å²) in [6, 6.07) is -1.02. The SMILES string of the molecule is Nc1nc(C(=O)C(=O)NC2C(=O)N3C(C(=O)O)=C(CO)CS[C@@H]23)cs1. The van der Waals surface area contributed by atoms with Gasteiger partial charge in [0.25, 0.3) is 17.6 Å². The number of carboxylic acid groups (broad SMARTS) is 1. The number of aliphatic hydroxyl groups excluding tert-OH is 1. The third kappa shape index (κ3) is 2.88. The number of amides is 2. The number of thiazole rings is 1. The Morgan fingerprint density at radius 2 is 2.16 bits per heavy atom. The number of thioether (sulfide) groups is 1. The van der Waals surface area contributed by atoms with E-state index in [1.54, 1.807) is 0 Å². The lowest BCUT2D eigenvalue weighted by Gasteiger charge is -2.49. The van der Waals surface area contributed by atoms with Crippen molar-refractivity contribution in [1.82, 2.24) is 15.2 Å². The lowest BCUT2D eigenvalue weighted by molar-refractivity contribution is -0.150. The van der Waals surface area contributed by atoms with Gasteiger partial charge in [0.2, 0.25) is 0 Å². The molecule has 0 radical (unpaired) electrons. The van der Waals surface area contributed by atoms with Crippen LogP contribution in [0.2, 0.25) is 0 Å². The number of aliphatic carboxylic acids is 1. The van der Waals surface area contributed by atoms with E-state index in [1.165, 1.54) is 17.1 Å². The van der Waals surface area contributed by atoms with Gasteiger partial charge in [-0.3, -0.25) is 19.3 Å². The average molecular weight is 384 g/mol. The number of rotatable bonds is 5. The van der Waals surface area contributed by atoms with Crippen LogP contribution >= 0.6 is 23.1 Å². The van der Waals surface area contributed by atoms with Crippen molar-refractivity contribution in [2.24, 2.45) is 0 Å². The van der Waals surface area contributed by atoms with Gasteiger partial charge < -0.3 is 21.3 Å². The third-order valence-corrected chi connectivity index (χ3v) is 5.70. The summed E-state index contributed by atoms with van der Waals surface area (Å²) in [6.45, 7) is -0.480. The van der Waals surface area contributed by atoms with Crippen LogP contribution in [0, 0.1) is 0 Å². The number of fused-ring (bicyclic) bond motifs is 1. The highest BCUT2D eigenvalue weighted by atomic mass is 32.2. The van der Waals surface area contributed by atoms with Crippen LogP contribution in [0.5, 0.6) is 0 Å². The van der Waals surface area contributed by atoms with Gasteiger partial charge in [0, 0.05) is 11.1 Å². The van der Waals surface area contributed by atoms with Gasteiger partial charge in [-0.25, -0.2) is 9.78 Å². The second-order valence-electron chi connectivity index (χ2n) is 5.18. The maximum absolute atomic E-state index is 12.2. The van der Waals surface area contributed by atoms with Gasteiger partial charge in [-0.05, 0) is 5.57 Å². The fourth-order valence-electron chi connectivity index (χ4n) is 2.52. The maximum atomic E-state index is 12.2. The molecule has 25 heavy (non-hydrogen) atoms. The van der Waals surface area contributed by atoms with E-state index in [0.29, 0.717) is 0 Å². The summed E-state index contributed by atoms with van der Waals surface area (Å²) in [5.74, 6) is -3.72. The number of hydrogen-bond acceptors (Lipinski definition) is 9. The van der Waals surface area contributed by atoms with E-state index in [4.69, 9.17) is 5.73 Å². The Morgan fingerprint density at radius 3 is 2.72 bits per heavy atom. The fourth-order valence-corrected chi connectivity index (χ4v) is 4.40. The van der Waals surface area contributed by atoms with E-state index in [0.717, 1.165) is 16.2 Å². The number of nitrogen functional groups attached to an aromatic ring is 1. The van der Waals surface area contributed by atoms with Crippen molar-refractivity contribution >= 4 is 51.8 Å². The van der Waals surface area contributed by atoms with E-state index in [9.17, 15) is 29.4 Å². The molecule has 2 atom stereocenters. The molecule has 1 unspecified atom stereocenters. The molecule has 3 rings (SSSR count). The first-order chi connectivity index (χ1) is 11.8. The Labute approximate surface area is 148 Å². The summed E-state index contributed by atoms with van der Waals surface area (Å²) in [5, 5.41) is 21.6. The zero-order valence-electron chi connectivity index (χ0n) is 12.5. The van der Waals surface area contributed by atoms with Crippen LogP contribution in [0.3, 0.4) is 0 Å². The molecule has 2 amide bonds. The standard InChI is InChI=1S/C13H12N4O6S2/c14-13-15-5(3-25-13)8(19)9(20)16-6-10(21)17-7(12(22)23)4(1-18)2-24-11(6)17/h3,6,11,18H,1-2H2,(H2,14,15)(H,16,20)(H,22,23)/t6?,11-/m0/s1. The molecule has 0 spiro atoms. The minimum Gasteiger partial charge on any atom is -0.477 e. The number of nitrogens with two attached hydrogens (primary N) is 1. The van der Waals surface area contributed by atoms with Crippen LogP contribution in [0.15, 0.2) is 16.7 Å². The number of Topliss-reactive ketones (excluding diaryl/α,β-unsaturated/α-hetero) is 1. The summed E-state index contributed by atoms with van der Waals surface area (Å²) in [6.07, 6.45) is 0. The summed E-state index contributed by atoms with van der Waals surface area (Å²) in [4.78, 5) is 52.3. The van der Waals surface area contributed by atoms with Crippen molar-refractivity contribution in [2.75, 3.05) is 18.1 Å². The summed E-state index contributed by atoms with van der Waals surface area (Å²) < 4.78 is 0. The van der Waals surface area contributed by atoms with Gasteiger partial charge >= 0.3 is 5.97 Å². The van der Waals surface area contributed by atoms with Crippen LogP contribution in [-0.4, -0.2) is 67.4 Å². The average Bonchev–Trinajstić information content (AvgIpc) is 3.03. The molecular formula is C13H12N4O6S2. The van der Waals surface area contributed by atoms with Crippen molar-refractivity contribution in [1.29, 1.82) is 0 Å². The first-order valence-electron chi connectivity index (χ1n) is 6.92. The van der Waals surface area contributed by atoms with E-state index in [1.807, 2.05) is 0 Å². The minimum absolute atomic E-state index is 0.117. The molecule has 1 aromatic rings. The molecule has 2 aliphatic rings. The molecule has 5 N–H and O–H groups in total. The molecule has 1 saturated heterocycles. The number of ketones is 1. The zero-order valence-corrected chi connectivity index (χ0v) is 14.1. The number of aliphatic hydroxyl groups is 1. The Kier molecular flexibility index (Phi) is 4.49. The van der Waals surface area contributed by atoms with Gasteiger partial charge in [0.15, 0.2) is 5.13 Å². The molecule has 1 fully saturated rings. The predicted molar refractivity (Wildman–Crippen MR) is 87.6 cm³/mol. The lowest BCUT2D eigenvalue weighted by atomic mass is 10.0. The molecule has 0 bridgehead atoms. The Bertz CT molecular complexity index is 819. The van der Waals surface area contributed by atoms with Crippen LogP contribution < -0.4 is 11.1 Å². The molecule has 2 aliphatic heterocycles. The summed E-state index contributed by atoms with van der Waals surface area (Å²) >= 11 is 2.20. The highest BCUT2D eigenvalue weighted by Crippen LogP contribution is 2.40. The molecule has 132 valence electrons. The van der Waals surface area contributed by atoms with Crippen molar-refractivity contribution in [3.8, 4) is 0 Å². The molecule has 10 nitrogen and oxygen atoms in total. The van der Waals surface area contributed by atoms with Crippen LogP contribution in [0.4, 0.5) is 5.13 Å². The number of carbonyl (C=O) groups excluding carboxylic acids is 3. The Hall–Kier alpha value is -2.44.